The third-order valence-corrected chi connectivity index (χ3v) is 2.62. The van der Waals surface area contributed by atoms with Gasteiger partial charge in [-0.15, -0.1) is 0 Å². The van der Waals surface area contributed by atoms with Crippen molar-refractivity contribution < 1.29 is 9.50 Å². The van der Waals surface area contributed by atoms with E-state index in [-0.39, 0.29) is 6.54 Å². The molecule has 1 aromatic rings. The molecule has 0 bridgehead atoms. The molecule has 0 saturated heterocycles. The molecule has 2 unspecified atom stereocenters. The van der Waals surface area contributed by atoms with Gasteiger partial charge in [-0.1, -0.05) is 11.6 Å². The smallest absolute Gasteiger partial charge is 0.126 e. The van der Waals surface area contributed by atoms with E-state index in [0.29, 0.717) is 16.1 Å². The average Bonchev–Trinajstić information content (AvgIpc) is 2.21. The fourth-order valence-corrected chi connectivity index (χ4v) is 1.62. The van der Waals surface area contributed by atoms with E-state index >= 15 is 0 Å². The van der Waals surface area contributed by atoms with Crippen LogP contribution >= 0.6 is 11.6 Å². The van der Waals surface area contributed by atoms with Crippen LogP contribution in [0.1, 0.15) is 17.2 Å². The Labute approximate surface area is 92.8 Å². The zero-order valence-electron chi connectivity index (χ0n) is 8.37. The van der Waals surface area contributed by atoms with Gasteiger partial charge in [-0.05, 0) is 30.2 Å². The maximum atomic E-state index is 13.3. The summed E-state index contributed by atoms with van der Waals surface area (Å²) in [5.74, 6) is -0.394. The third-order valence-electron chi connectivity index (χ3n) is 2.29. The van der Waals surface area contributed by atoms with Crippen LogP contribution in [0.4, 0.5) is 4.39 Å². The van der Waals surface area contributed by atoms with E-state index in [2.05, 4.69) is 0 Å². The SMILES string of the molecule is Cc1cc(Cl)c(C(N)C(O)CN)cc1F. The Morgan fingerprint density at radius 3 is 2.67 bits per heavy atom. The number of rotatable bonds is 3. The van der Waals surface area contributed by atoms with Crippen LogP contribution in [-0.4, -0.2) is 17.8 Å². The Kier molecular flexibility index (Phi) is 4.04. The second kappa shape index (κ2) is 4.90. The van der Waals surface area contributed by atoms with Gasteiger partial charge < -0.3 is 16.6 Å². The van der Waals surface area contributed by atoms with Gasteiger partial charge in [0, 0.05) is 11.6 Å². The topological polar surface area (TPSA) is 72.3 Å². The highest BCUT2D eigenvalue weighted by molar-refractivity contribution is 6.31. The van der Waals surface area contributed by atoms with E-state index in [1.165, 1.54) is 12.1 Å². The molecule has 84 valence electrons. The zero-order valence-corrected chi connectivity index (χ0v) is 9.13. The normalized spacial score (nSPS) is 15.1. The van der Waals surface area contributed by atoms with Crippen LogP contribution in [0.3, 0.4) is 0 Å². The van der Waals surface area contributed by atoms with E-state index < -0.39 is 18.0 Å². The Bertz CT molecular complexity index is 360. The Morgan fingerprint density at radius 2 is 2.13 bits per heavy atom. The molecular weight excluding hydrogens is 219 g/mol. The molecule has 0 radical (unpaired) electrons. The molecular formula is C10H14ClFN2O. The molecule has 15 heavy (non-hydrogen) atoms. The van der Waals surface area contributed by atoms with Crippen LogP contribution in [0, 0.1) is 12.7 Å². The standard InChI is InChI=1S/C10H14ClFN2O/c1-5-2-7(11)6(3-8(5)12)10(14)9(15)4-13/h2-3,9-10,15H,4,13-14H2,1H3. The van der Waals surface area contributed by atoms with Gasteiger partial charge in [0.2, 0.25) is 0 Å². The summed E-state index contributed by atoms with van der Waals surface area (Å²) in [5, 5.41) is 9.77. The number of hydrogen-bond donors (Lipinski definition) is 3. The third kappa shape index (κ3) is 2.66. The fourth-order valence-electron chi connectivity index (χ4n) is 1.27. The summed E-state index contributed by atoms with van der Waals surface area (Å²) >= 11 is 5.90. The van der Waals surface area contributed by atoms with E-state index in [4.69, 9.17) is 23.1 Å². The first kappa shape index (κ1) is 12.4. The molecule has 0 saturated carbocycles. The lowest BCUT2D eigenvalue weighted by molar-refractivity contribution is 0.153. The predicted molar refractivity (Wildman–Crippen MR) is 58.1 cm³/mol. The van der Waals surface area contributed by atoms with Crippen molar-refractivity contribution in [3.05, 3.63) is 34.1 Å². The molecule has 0 fully saturated rings. The number of hydrogen-bond acceptors (Lipinski definition) is 3. The van der Waals surface area contributed by atoms with Crippen LogP contribution in [0.15, 0.2) is 12.1 Å². The van der Waals surface area contributed by atoms with Crippen molar-refractivity contribution in [2.24, 2.45) is 11.5 Å². The molecule has 3 nitrogen and oxygen atoms in total. The maximum Gasteiger partial charge on any atom is 0.126 e. The summed E-state index contributed by atoms with van der Waals surface area (Å²) in [6.45, 7) is 1.61. The van der Waals surface area contributed by atoms with E-state index in [1.54, 1.807) is 6.92 Å². The minimum atomic E-state index is -0.926. The van der Waals surface area contributed by atoms with E-state index in [0.717, 1.165) is 0 Å². The molecule has 0 aliphatic heterocycles. The van der Waals surface area contributed by atoms with Crippen LogP contribution < -0.4 is 11.5 Å². The van der Waals surface area contributed by atoms with Gasteiger partial charge in [0.25, 0.3) is 0 Å². The van der Waals surface area contributed by atoms with Crippen molar-refractivity contribution >= 4 is 11.6 Å². The summed E-state index contributed by atoms with van der Waals surface area (Å²) in [7, 11) is 0. The molecule has 0 spiro atoms. The van der Waals surface area contributed by atoms with E-state index in [9.17, 15) is 9.50 Å². The summed E-state index contributed by atoms with van der Waals surface area (Å²) in [4.78, 5) is 0. The highest BCUT2D eigenvalue weighted by atomic mass is 35.5. The average molecular weight is 233 g/mol. The van der Waals surface area contributed by atoms with Gasteiger partial charge in [-0.3, -0.25) is 0 Å². The molecule has 0 amide bonds. The molecule has 2 atom stereocenters. The quantitative estimate of drug-likeness (QED) is 0.731. The number of benzene rings is 1. The summed E-state index contributed by atoms with van der Waals surface area (Å²) < 4.78 is 13.3. The Balaban J connectivity index is 3.09. The van der Waals surface area contributed by atoms with Crippen molar-refractivity contribution in [3.8, 4) is 0 Å². The van der Waals surface area contributed by atoms with Crippen molar-refractivity contribution in [2.75, 3.05) is 6.54 Å². The van der Waals surface area contributed by atoms with Gasteiger partial charge in [0.05, 0.1) is 12.1 Å². The first-order chi connectivity index (χ1) is 6.97. The lowest BCUT2D eigenvalue weighted by Gasteiger charge is -2.19. The highest BCUT2D eigenvalue weighted by Crippen LogP contribution is 2.26. The molecule has 1 aromatic carbocycles. The summed E-state index contributed by atoms with van der Waals surface area (Å²) in [6.07, 6.45) is -0.926. The van der Waals surface area contributed by atoms with Gasteiger partial charge in [0.15, 0.2) is 0 Å². The van der Waals surface area contributed by atoms with E-state index in [1.807, 2.05) is 0 Å². The Hall–Kier alpha value is -0.680. The van der Waals surface area contributed by atoms with Gasteiger partial charge in [-0.25, -0.2) is 4.39 Å². The van der Waals surface area contributed by atoms with Crippen molar-refractivity contribution in [1.29, 1.82) is 0 Å². The Morgan fingerprint density at radius 1 is 1.53 bits per heavy atom. The van der Waals surface area contributed by atoms with Crippen molar-refractivity contribution in [2.45, 2.75) is 19.1 Å². The van der Waals surface area contributed by atoms with Crippen molar-refractivity contribution in [3.63, 3.8) is 0 Å². The van der Waals surface area contributed by atoms with Crippen molar-refractivity contribution in [1.82, 2.24) is 0 Å². The number of aryl methyl sites for hydroxylation is 1. The van der Waals surface area contributed by atoms with Crippen LogP contribution in [0.25, 0.3) is 0 Å². The number of aliphatic hydroxyl groups is 1. The minimum absolute atomic E-state index is 0.00694. The maximum absolute atomic E-state index is 13.3. The van der Waals surface area contributed by atoms with Gasteiger partial charge in [0.1, 0.15) is 5.82 Å². The first-order valence-corrected chi connectivity index (χ1v) is 4.94. The largest absolute Gasteiger partial charge is 0.390 e. The minimum Gasteiger partial charge on any atom is -0.390 e. The fraction of sp³-hybridized carbons (Fsp3) is 0.400. The lowest BCUT2D eigenvalue weighted by atomic mass is 10.0. The second-order valence-electron chi connectivity index (χ2n) is 3.45. The molecule has 0 heterocycles. The molecule has 0 aliphatic rings. The summed E-state index contributed by atoms with van der Waals surface area (Å²) in [5.41, 5.74) is 11.8. The second-order valence-corrected chi connectivity index (χ2v) is 3.86. The summed E-state index contributed by atoms with van der Waals surface area (Å²) in [6, 6.07) is 1.95. The van der Waals surface area contributed by atoms with Crippen LogP contribution in [0.2, 0.25) is 5.02 Å². The van der Waals surface area contributed by atoms with Gasteiger partial charge >= 0.3 is 0 Å². The van der Waals surface area contributed by atoms with Gasteiger partial charge in [-0.2, -0.15) is 0 Å². The molecule has 1 rings (SSSR count). The molecule has 5 heteroatoms. The van der Waals surface area contributed by atoms with Crippen LogP contribution in [0.5, 0.6) is 0 Å². The highest BCUT2D eigenvalue weighted by Gasteiger charge is 2.19. The molecule has 0 aliphatic carbocycles. The zero-order chi connectivity index (χ0) is 11.6. The number of halogens is 2. The van der Waals surface area contributed by atoms with Crippen LogP contribution in [-0.2, 0) is 0 Å². The predicted octanol–water partition coefficient (Wildman–Crippen LogP) is 1.11. The number of nitrogens with two attached hydrogens (primary N) is 2. The monoisotopic (exact) mass is 232 g/mol. The lowest BCUT2D eigenvalue weighted by Crippen LogP contribution is -2.33. The number of aliphatic hydroxyl groups excluding tert-OH is 1. The first-order valence-electron chi connectivity index (χ1n) is 4.56. The molecule has 5 N–H and O–H groups in total. The molecule has 0 aromatic heterocycles.